The maximum Gasteiger partial charge on any atom is 0.394 e. The van der Waals surface area contributed by atoms with E-state index in [9.17, 15) is 13.2 Å². The average Bonchev–Trinajstić information content (AvgIpc) is 0.836. The van der Waals surface area contributed by atoms with E-state index in [0.29, 0.717) is 16.7 Å². The Morgan fingerprint density at radius 3 is 0.812 bits per heavy atom. The molecule has 0 saturated carbocycles. The van der Waals surface area contributed by atoms with E-state index >= 15 is 0 Å². The summed E-state index contributed by atoms with van der Waals surface area (Å²) in [7, 11) is -1.28. The van der Waals surface area contributed by atoms with Crippen LogP contribution in [0, 0.1) is 126 Å². The summed E-state index contributed by atoms with van der Waals surface area (Å²) in [4.78, 5) is 0. The molecule has 0 bridgehead atoms. The molecule has 10 rings (SSSR count). The van der Waals surface area contributed by atoms with Crippen LogP contribution in [0.2, 0.25) is 50.9 Å². The molecule has 10 aromatic rings. The number of alkyl halides is 3. The van der Waals surface area contributed by atoms with Gasteiger partial charge in [0.05, 0.1) is 5.41 Å². The van der Waals surface area contributed by atoms with Gasteiger partial charge in [-0.05, 0) is 224 Å². The molecule has 0 aliphatic rings. The minimum Gasteiger partial charge on any atom is -0.171 e. The summed E-state index contributed by atoms with van der Waals surface area (Å²) in [6.07, 6.45) is -0.615. The molecule has 10 aromatic carbocycles. The van der Waals surface area contributed by atoms with Crippen molar-refractivity contribution in [1.29, 1.82) is 0 Å². The summed E-state index contributed by atoms with van der Waals surface area (Å²) in [6, 6.07) is 87.0. The molecule has 0 aromatic heterocycles. The fourth-order valence-electron chi connectivity index (χ4n) is 10.8. The van der Waals surface area contributed by atoms with Gasteiger partial charge < -0.3 is 0 Å². The van der Waals surface area contributed by atoms with Gasteiger partial charge >= 0.3 is 6.18 Å². The monoisotopic (exact) mass is 1630 g/mol. The summed E-state index contributed by atoms with van der Waals surface area (Å²) < 4.78 is 37.8. The molecule has 0 atom stereocenters. The van der Waals surface area contributed by atoms with Crippen LogP contribution in [0.5, 0.6) is 0 Å². The van der Waals surface area contributed by atoms with Crippen molar-refractivity contribution in [2.24, 2.45) is 22.2 Å². The maximum absolute atomic E-state index is 12.6. The van der Waals surface area contributed by atoms with Crippen LogP contribution >= 0.6 is 0 Å². The molecule has 5 heteroatoms. The van der Waals surface area contributed by atoms with Gasteiger partial charge in [-0.2, -0.15) is 13.2 Å². The molecule has 0 saturated heterocycles. The Morgan fingerprint density at radius 1 is 0.282 bits per heavy atom. The smallest absolute Gasteiger partial charge is 0.171 e. The van der Waals surface area contributed by atoms with Crippen molar-refractivity contribution in [3.05, 3.63) is 353 Å². The second-order valence-corrected chi connectivity index (χ2v) is 51.3. The first-order valence-electron chi connectivity index (χ1n) is 43.4. The number of benzene rings is 10. The van der Waals surface area contributed by atoms with Gasteiger partial charge in [0.25, 0.3) is 0 Å². The van der Waals surface area contributed by atoms with E-state index in [0.717, 1.165) is 29.9 Å². The number of aryl methyl sites for hydroxylation is 15. The largest absolute Gasteiger partial charge is 0.394 e. The molecule has 0 heterocycles. The highest BCUT2D eigenvalue weighted by Crippen LogP contribution is 2.40. The third kappa shape index (κ3) is 58.9. The number of hydrogen-bond acceptors (Lipinski definition) is 0. The zero-order valence-electron chi connectivity index (χ0n) is 81.8. The Balaban J connectivity index is 0. The Morgan fingerprint density at radius 2 is 0.547 bits per heavy atom. The van der Waals surface area contributed by atoms with Crippen LogP contribution in [0.3, 0.4) is 0 Å². The van der Waals surface area contributed by atoms with E-state index in [1.165, 1.54) is 144 Å². The summed E-state index contributed by atoms with van der Waals surface area (Å²) in [5, 5.41) is 0. The van der Waals surface area contributed by atoms with E-state index in [1.807, 2.05) is 37.3 Å². The molecule has 0 fully saturated rings. The van der Waals surface area contributed by atoms with Crippen LogP contribution < -0.4 is 0 Å². The molecular formula is C112H169F3Si2. The highest BCUT2D eigenvalue weighted by molar-refractivity contribution is 6.78. The van der Waals surface area contributed by atoms with Crippen molar-refractivity contribution < 1.29 is 13.2 Å². The molecule has 0 radical (unpaired) electrons. The minimum atomic E-state index is -4.15. The molecule has 0 amide bonds. The van der Waals surface area contributed by atoms with Gasteiger partial charge in [-0.1, -0.05) is 462 Å². The van der Waals surface area contributed by atoms with Crippen LogP contribution in [0.25, 0.3) is 0 Å². The van der Waals surface area contributed by atoms with E-state index in [4.69, 9.17) is 0 Å². The zero-order valence-corrected chi connectivity index (χ0v) is 83.8. The molecule has 0 aliphatic heterocycles. The lowest BCUT2D eigenvalue weighted by atomic mass is 9.85. The predicted molar refractivity (Wildman–Crippen MR) is 529 cm³/mol. The van der Waals surface area contributed by atoms with Gasteiger partial charge in [-0.15, -0.1) is 0 Å². The lowest BCUT2D eigenvalue weighted by molar-refractivity contribution is -0.211. The molecular weight excluding hydrogens is 1460 g/mol. The Hall–Kier alpha value is -7.58. The number of rotatable bonds is 10. The molecule has 0 N–H and O–H groups in total. The van der Waals surface area contributed by atoms with Crippen LogP contribution in [0.4, 0.5) is 13.2 Å². The van der Waals surface area contributed by atoms with Gasteiger partial charge in [0.15, 0.2) is 0 Å². The van der Waals surface area contributed by atoms with Crippen LogP contribution in [0.1, 0.15) is 247 Å². The number of halogens is 3. The SMILES string of the molecule is CC[Si](C)(CC)CC.C[Si](C)(C)C.Cc1ccc(C(C)(C)C)cc1.Cc1ccc(C(C)C)cc1.Cc1ccc(C)c(C)c1.Cc1ccc(C)cc1.Cc1ccc(CC(C)(C)C(F)(F)F)cc1.Cc1ccc(CC(C)(C)C)cc1.Cc1ccc(CC(C)(C)C)cc1C.Cc1ccc(CC(C)C)cc1.Cc1ccccc1.Cc1ccccc1C. The Kier molecular flexibility index (Phi) is 53.4. The topological polar surface area (TPSA) is 0 Å². The second-order valence-electron chi connectivity index (χ2n) is 39.5. The van der Waals surface area contributed by atoms with Crippen molar-refractivity contribution in [3.8, 4) is 0 Å². The van der Waals surface area contributed by atoms with E-state index in [1.54, 1.807) is 12.1 Å². The van der Waals surface area contributed by atoms with E-state index < -0.39 is 27.7 Å². The lowest BCUT2D eigenvalue weighted by Gasteiger charge is -2.27. The highest BCUT2D eigenvalue weighted by Gasteiger charge is 2.47. The van der Waals surface area contributed by atoms with Crippen molar-refractivity contribution in [3.63, 3.8) is 0 Å². The first-order chi connectivity index (χ1) is 53.8. The molecule has 0 nitrogen and oxygen atoms in total. The fraction of sp³-hybridized carbons (Fsp3) is 0.464. The summed E-state index contributed by atoms with van der Waals surface area (Å²) in [5.41, 5.74) is 27.3. The van der Waals surface area contributed by atoms with E-state index in [2.05, 4.69) is 435 Å². The van der Waals surface area contributed by atoms with Gasteiger partial charge in [0, 0.05) is 16.1 Å². The summed E-state index contributed by atoms with van der Waals surface area (Å²) in [5.74, 6) is 1.42. The van der Waals surface area contributed by atoms with Crippen LogP contribution in [-0.4, -0.2) is 22.3 Å². The first kappa shape index (κ1) is 111. The normalized spacial score (nSPS) is 11.0. The highest BCUT2D eigenvalue weighted by atomic mass is 28.3. The fourth-order valence-corrected chi connectivity index (χ4v) is 12.3. The quantitative estimate of drug-likeness (QED) is 0.120. The predicted octanol–water partition coefficient (Wildman–Crippen LogP) is 35.5. The standard InChI is InChI=1S/C13H20.C12H15F3.C12H18.2C11H16.C10H14.C9H12.2C8H10.C7H18Si.C7H8.C4H12Si/c1-10-6-7-12(8-11(10)2)9-13(3,4)5;1-9-4-6-10(7-5-9)8-11(2,3)12(13,14)15;1-10-5-7-11(8-6-10)9-12(2,3)4;1-9-5-7-10(8-6-9)11(2,3)4;1-9(2)8-11-6-4-10(3)5-7-11;1-8(2)10-6-4-9(3)5-7-10;1-7-4-5-8(2)9(3)6-7;1-7-3-5-8(2)6-4-7;1-7-5-3-4-6-8(7)2;1-5-8(4,6-2)7-3;1-7-5-3-2-4-6-7;1-5(2,3)4/h6-8H,9H2,1-5H3;4-7H,8H2,1-3H3;5-8H,9H2,1-4H3;5-8H,1-4H3;4-7,9H,8H2,1-3H3;4-8H,1-3H3;4-6H,1-3H3;2*3-6H,1-2H3;5-7H2,1-4H3;2-6H,1H3;1-4H3. The second kappa shape index (κ2) is 56.0. The van der Waals surface area contributed by atoms with Crippen molar-refractivity contribution in [2.75, 3.05) is 0 Å². The lowest BCUT2D eigenvalue weighted by Crippen LogP contribution is -2.34. The van der Waals surface area contributed by atoms with Crippen molar-refractivity contribution in [1.82, 2.24) is 0 Å². The number of hydrogen-bond donors (Lipinski definition) is 0. The molecule has 646 valence electrons. The molecule has 0 unspecified atom stereocenters. The van der Waals surface area contributed by atoms with Gasteiger partial charge in [-0.25, -0.2) is 0 Å². The third-order valence-corrected chi connectivity index (χ3v) is 25.0. The third-order valence-electron chi connectivity index (χ3n) is 19.9. The Labute approximate surface area is 722 Å². The van der Waals surface area contributed by atoms with E-state index in [-0.39, 0.29) is 11.8 Å². The molecule has 0 aliphatic carbocycles. The van der Waals surface area contributed by atoms with Gasteiger partial charge in [0.2, 0.25) is 0 Å². The summed E-state index contributed by atoms with van der Waals surface area (Å²) >= 11 is 0. The van der Waals surface area contributed by atoms with Gasteiger partial charge in [0.1, 0.15) is 0 Å². The average molecular weight is 1630 g/mol. The van der Waals surface area contributed by atoms with Crippen molar-refractivity contribution >= 4 is 16.1 Å². The summed E-state index contributed by atoms with van der Waals surface area (Å²) in [6.45, 7) is 82.2. The zero-order chi connectivity index (χ0) is 90.3. The minimum absolute atomic E-state index is 0.0246. The van der Waals surface area contributed by atoms with Crippen LogP contribution in [-0.2, 0) is 31.1 Å². The maximum atomic E-state index is 12.6. The molecule has 0 spiro atoms. The Bertz CT molecular complexity index is 4100. The van der Waals surface area contributed by atoms with Crippen LogP contribution in [0.15, 0.2) is 237 Å². The molecule has 117 heavy (non-hydrogen) atoms. The first-order valence-corrected chi connectivity index (χ1v) is 50.5. The van der Waals surface area contributed by atoms with Gasteiger partial charge in [-0.3, -0.25) is 0 Å². The van der Waals surface area contributed by atoms with Crippen molar-refractivity contribution in [2.45, 2.75) is 323 Å².